The number of carbonyl (C=O) groups excluding carboxylic acids is 1. The normalized spacial score (nSPS) is 15.0. The summed E-state index contributed by atoms with van der Waals surface area (Å²) in [5.41, 5.74) is 0.433. The van der Waals surface area contributed by atoms with Gasteiger partial charge in [0, 0.05) is 39.0 Å². The van der Waals surface area contributed by atoms with Crippen molar-refractivity contribution in [3.8, 4) is 0 Å². The highest BCUT2D eigenvalue weighted by atomic mass is 127. The summed E-state index contributed by atoms with van der Waals surface area (Å²) >= 11 is 0. The van der Waals surface area contributed by atoms with Crippen LogP contribution >= 0.6 is 24.0 Å². The van der Waals surface area contributed by atoms with Gasteiger partial charge in [-0.05, 0) is 50.3 Å². The van der Waals surface area contributed by atoms with E-state index in [0.717, 1.165) is 45.6 Å². The van der Waals surface area contributed by atoms with E-state index in [0.29, 0.717) is 17.6 Å². The molecular formula is C19H30FIN4O2. The van der Waals surface area contributed by atoms with E-state index in [1.54, 1.807) is 12.1 Å². The number of nitrogens with one attached hydrogen (secondary N) is 2. The predicted octanol–water partition coefficient (Wildman–Crippen LogP) is 3.10. The molecule has 8 heteroatoms. The Morgan fingerprint density at radius 1 is 1.37 bits per heavy atom. The van der Waals surface area contributed by atoms with Gasteiger partial charge in [-0.3, -0.25) is 4.79 Å². The van der Waals surface area contributed by atoms with Crippen LogP contribution in [0.1, 0.15) is 26.2 Å². The Kier molecular flexibility index (Phi) is 11.3. The summed E-state index contributed by atoms with van der Waals surface area (Å²) in [6.07, 6.45) is 3.30. The summed E-state index contributed by atoms with van der Waals surface area (Å²) in [4.78, 5) is 18.5. The van der Waals surface area contributed by atoms with Gasteiger partial charge in [0.2, 0.25) is 5.91 Å². The SMILES string of the molecule is CCNC(=NCC(=O)Nc1cccc(F)c1)N(C)CCC1CCOCC1.I. The lowest BCUT2D eigenvalue weighted by Gasteiger charge is -2.26. The first-order valence-corrected chi connectivity index (χ1v) is 9.21. The topological polar surface area (TPSA) is 66.0 Å². The lowest BCUT2D eigenvalue weighted by molar-refractivity contribution is -0.114. The van der Waals surface area contributed by atoms with Gasteiger partial charge in [-0.2, -0.15) is 0 Å². The Labute approximate surface area is 178 Å². The molecular weight excluding hydrogens is 462 g/mol. The fourth-order valence-electron chi connectivity index (χ4n) is 2.90. The van der Waals surface area contributed by atoms with Crippen molar-refractivity contribution >= 4 is 41.5 Å². The quantitative estimate of drug-likeness (QED) is 0.349. The third kappa shape index (κ3) is 8.87. The van der Waals surface area contributed by atoms with Crippen LogP contribution in [0.5, 0.6) is 0 Å². The first-order valence-electron chi connectivity index (χ1n) is 9.21. The molecule has 0 aliphatic carbocycles. The molecule has 0 saturated carbocycles. The predicted molar refractivity (Wildman–Crippen MR) is 117 cm³/mol. The van der Waals surface area contributed by atoms with Crippen LogP contribution in [0.3, 0.4) is 0 Å². The number of guanidine groups is 1. The van der Waals surface area contributed by atoms with Crippen LogP contribution in [0, 0.1) is 11.7 Å². The zero-order valence-electron chi connectivity index (χ0n) is 16.0. The Hall–Kier alpha value is -1.42. The molecule has 0 spiro atoms. The lowest BCUT2D eigenvalue weighted by atomic mass is 9.96. The maximum absolute atomic E-state index is 13.2. The average molecular weight is 492 g/mol. The standard InChI is InChI=1S/C19H29FN4O2.HI/c1-3-21-19(24(2)10-7-15-8-11-26-12-9-15)22-14-18(25)23-17-6-4-5-16(20)13-17;/h4-6,13,15H,3,7-12,14H2,1-2H3,(H,21,22)(H,23,25);1H. The molecule has 27 heavy (non-hydrogen) atoms. The van der Waals surface area contributed by atoms with Crippen LogP contribution in [-0.2, 0) is 9.53 Å². The number of aliphatic imine (C=N–C) groups is 1. The highest BCUT2D eigenvalue weighted by Gasteiger charge is 2.15. The molecule has 1 fully saturated rings. The van der Waals surface area contributed by atoms with Crippen molar-refractivity contribution in [3.05, 3.63) is 30.1 Å². The third-order valence-electron chi connectivity index (χ3n) is 4.39. The second-order valence-corrected chi connectivity index (χ2v) is 6.49. The molecule has 0 unspecified atom stereocenters. The van der Waals surface area contributed by atoms with Crippen molar-refractivity contribution in [1.82, 2.24) is 10.2 Å². The van der Waals surface area contributed by atoms with E-state index in [9.17, 15) is 9.18 Å². The average Bonchev–Trinajstić information content (AvgIpc) is 2.64. The smallest absolute Gasteiger partial charge is 0.246 e. The summed E-state index contributed by atoms with van der Waals surface area (Å²) < 4.78 is 18.6. The first kappa shape index (κ1) is 23.6. The molecule has 6 nitrogen and oxygen atoms in total. The minimum atomic E-state index is -0.382. The number of anilines is 1. The van der Waals surface area contributed by atoms with E-state index in [1.807, 2.05) is 14.0 Å². The molecule has 1 amide bonds. The molecule has 1 aliphatic rings. The van der Waals surface area contributed by atoms with Crippen LogP contribution in [0.2, 0.25) is 0 Å². The molecule has 1 aromatic rings. The number of carbonyl (C=O) groups is 1. The molecule has 2 rings (SSSR count). The van der Waals surface area contributed by atoms with Crippen LogP contribution in [-0.4, -0.2) is 56.7 Å². The molecule has 152 valence electrons. The van der Waals surface area contributed by atoms with Crippen LogP contribution in [0.4, 0.5) is 10.1 Å². The number of benzene rings is 1. The second-order valence-electron chi connectivity index (χ2n) is 6.49. The summed E-state index contributed by atoms with van der Waals surface area (Å²) in [7, 11) is 1.98. The van der Waals surface area contributed by atoms with Gasteiger partial charge in [0.1, 0.15) is 12.4 Å². The number of ether oxygens (including phenoxy) is 1. The van der Waals surface area contributed by atoms with Crippen molar-refractivity contribution in [2.24, 2.45) is 10.9 Å². The molecule has 2 N–H and O–H groups in total. The maximum atomic E-state index is 13.2. The number of nitrogens with zero attached hydrogens (tertiary/aromatic N) is 2. The summed E-state index contributed by atoms with van der Waals surface area (Å²) in [6.45, 7) is 5.29. The number of amides is 1. The Balaban J connectivity index is 0.00000364. The summed E-state index contributed by atoms with van der Waals surface area (Å²) in [6, 6.07) is 5.83. The summed E-state index contributed by atoms with van der Waals surface area (Å²) in [5.74, 6) is 0.732. The zero-order chi connectivity index (χ0) is 18.8. The van der Waals surface area contributed by atoms with E-state index < -0.39 is 0 Å². The van der Waals surface area contributed by atoms with Crippen LogP contribution in [0.25, 0.3) is 0 Å². The van der Waals surface area contributed by atoms with Gasteiger partial charge in [-0.25, -0.2) is 9.38 Å². The first-order chi connectivity index (χ1) is 12.6. The molecule has 1 saturated heterocycles. The number of rotatable bonds is 7. The van der Waals surface area contributed by atoms with Crippen molar-refractivity contribution in [2.45, 2.75) is 26.2 Å². The van der Waals surface area contributed by atoms with Crippen LogP contribution < -0.4 is 10.6 Å². The molecule has 1 aromatic carbocycles. The van der Waals surface area contributed by atoms with Gasteiger partial charge in [-0.15, -0.1) is 24.0 Å². The Morgan fingerprint density at radius 2 is 2.11 bits per heavy atom. The van der Waals surface area contributed by atoms with Crippen molar-refractivity contribution in [2.75, 3.05) is 45.2 Å². The van der Waals surface area contributed by atoms with Gasteiger partial charge < -0.3 is 20.3 Å². The van der Waals surface area contributed by atoms with Gasteiger partial charge in [0.25, 0.3) is 0 Å². The minimum Gasteiger partial charge on any atom is -0.381 e. The Morgan fingerprint density at radius 3 is 2.78 bits per heavy atom. The molecule has 1 heterocycles. The van der Waals surface area contributed by atoms with Crippen molar-refractivity contribution in [1.29, 1.82) is 0 Å². The highest BCUT2D eigenvalue weighted by Crippen LogP contribution is 2.18. The summed E-state index contributed by atoms with van der Waals surface area (Å²) in [5, 5.41) is 5.87. The van der Waals surface area contributed by atoms with Gasteiger partial charge in [-0.1, -0.05) is 6.07 Å². The molecule has 1 aliphatic heterocycles. The highest BCUT2D eigenvalue weighted by molar-refractivity contribution is 14.0. The number of hydrogen-bond acceptors (Lipinski definition) is 3. The van der Waals surface area contributed by atoms with E-state index in [-0.39, 0.29) is 42.2 Å². The lowest BCUT2D eigenvalue weighted by Crippen LogP contribution is -2.40. The number of hydrogen-bond donors (Lipinski definition) is 2. The van der Waals surface area contributed by atoms with E-state index >= 15 is 0 Å². The largest absolute Gasteiger partial charge is 0.381 e. The third-order valence-corrected chi connectivity index (χ3v) is 4.39. The van der Waals surface area contributed by atoms with E-state index in [1.165, 1.54) is 12.1 Å². The van der Waals surface area contributed by atoms with Crippen LogP contribution in [0.15, 0.2) is 29.3 Å². The van der Waals surface area contributed by atoms with Crippen molar-refractivity contribution < 1.29 is 13.9 Å². The fourth-order valence-corrected chi connectivity index (χ4v) is 2.90. The maximum Gasteiger partial charge on any atom is 0.246 e. The van der Waals surface area contributed by atoms with Crippen molar-refractivity contribution in [3.63, 3.8) is 0 Å². The fraction of sp³-hybridized carbons (Fsp3) is 0.579. The zero-order valence-corrected chi connectivity index (χ0v) is 18.4. The molecule has 0 atom stereocenters. The second kappa shape index (κ2) is 12.9. The Bertz CT molecular complexity index is 609. The van der Waals surface area contributed by atoms with Gasteiger partial charge in [0.15, 0.2) is 5.96 Å². The molecule has 0 aromatic heterocycles. The molecule has 0 bridgehead atoms. The molecule has 0 radical (unpaired) electrons. The van der Waals surface area contributed by atoms with Gasteiger partial charge >= 0.3 is 0 Å². The van der Waals surface area contributed by atoms with Gasteiger partial charge in [0.05, 0.1) is 0 Å². The van der Waals surface area contributed by atoms with E-state index in [2.05, 4.69) is 20.5 Å². The van der Waals surface area contributed by atoms with E-state index in [4.69, 9.17) is 4.74 Å². The number of halogens is 2. The monoisotopic (exact) mass is 492 g/mol. The minimum absolute atomic E-state index is 0.